The fourth-order valence-electron chi connectivity index (χ4n) is 0.942. The molecular weight excluding hydrogens is 154 g/mol. The summed E-state index contributed by atoms with van der Waals surface area (Å²) in [7, 11) is 1.57. The maximum atomic E-state index is 11.0. The van der Waals surface area contributed by atoms with Crippen molar-refractivity contribution in [1.29, 1.82) is 5.26 Å². The minimum atomic E-state index is -0.247. The van der Waals surface area contributed by atoms with Crippen LogP contribution in [0.5, 0.6) is 0 Å². The molecule has 0 aromatic carbocycles. The number of hydrogen-bond donors (Lipinski definition) is 0. The van der Waals surface area contributed by atoms with Crippen molar-refractivity contribution in [2.75, 3.05) is 0 Å². The molecule has 0 atom stereocenters. The van der Waals surface area contributed by atoms with Gasteiger partial charge in [-0.15, -0.1) is 0 Å². The van der Waals surface area contributed by atoms with E-state index in [9.17, 15) is 4.79 Å². The van der Waals surface area contributed by atoms with Crippen LogP contribution < -0.4 is 5.56 Å². The predicted molar refractivity (Wildman–Crippen MR) is 43.6 cm³/mol. The van der Waals surface area contributed by atoms with E-state index in [1.165, 1.54) is 10.7 Å². The Morgan fingerprint density at radius 2 is 2.42 bits per heavy atom. The van der Waals surface area contributed by atoms with Crippen molar-refractivity contribution in [3.8, 4) is 6.07 Å². The smallest absolute Gasteiger partial charge is 0.267 e. The van der Waals surface area contributed by atoms with Crippen molar-refractivity contribution < 1.29 is 0 Å². The normalized spacial score (nSPS) is 9.42. The maximum Gasteiger partial charge on any atom is 0.267 e. The zero-order valence-corrected chi connectivity index (χ0v) is 7.03. The van der Waals surface area contributed by atoms with Gasteiger partial charge in [-0.1, -0.05) is 6.92 Å². The number of hydrogen-bond acceptors (Lipinski definition) is 3. The van der Waals surface area contributed by atoms with E-state index in [2.05, 4.69) is 5.10 Å². The van der Waals surface area contributed by atoms with Gasteiger partial charge in [0, 0.05) is 13.1 Å². The lowest BCUT2D eigenvalue weighted by molar-refractivity contribution is 0.679. The van der Waals surface area contributed by atoms with Crippen LogP contribution in [0, 0.1) is 11.3 Å². The van der Waals surface area contributed by atoms with Crippen LogP contribution in [-0.4, -0.2) is 9.78 Å². The van der Waals surface area contributed by atoms with Gasteiger partial charge in [-0.2, -0.15) is 10.4 Å². The van der Waals surface area contributed by atoms with E-state index in [1.54, 1.807) is 7.05 Å². The van der Waals surface area contributed by atoms with Crippen LogP contribution >= 0.6 is 0 Å². The van der Waals surface area contributed by atoms with Crippen molar-refractivity contribution in [3.63, 3.8) is 0 Å². The molecule has 1 aromatic rings. The van der Waals surface area contributed by atoms with E-state index in [0.717, 1.165) is 0 Å². The van der Waals surface area contributed by atoms with Crippen LogP contribution in [0.15, 0.2) is 10.9 Å². The molecule has 0 amide bonds. The summed E-state index contributed by atoms with van der Waals surface area (Å²) in [6.07, 6.45) is 0.664. The molecule has 0 aliphatic rings. The lowest BCUT2D eigenvalue weighted by Crippen LogP contribution is -2.21. The van der Waals surface area contributed by atoms with Gasteiger partial charge < -0.3 is 0 Å². The lowest BCUT2D eigenvalue weighted by atomic mass is 10.2. The number of aryl methyl sites for hydroxylation is 2. The molecule has 0 aliphatic heterocycles. The molecule has 0 aliphatic carbocycles. The Kier molecular flexibility index (Phi) is 2.24. The molecular formula is C8H9N3O. The molecule has 4 nitrogen and oxygen atoms in total. The second kappa shape index (κ2) is 3.18. The molecule has 0 bridgehead atoms. The Hall–Kier alpha value is -1.63. The van der Waals surface area contributed by atoms with Crippen molar-refractivity contribution in [2.45, 2.75) is 13.3 Å². The molecule has 0 N–H and O–H groups in total. The lowest BCUT2D eigenvalue weighted by Gasteiger charge is -2.00. The first-order chi connectivity index (χ1) is 5.69. The second-order valence-electron chi connectivity index (χ2n) is 2.43. The van der Waals surface area contributed by atoms with Crippen molar-refractivity contribution in [3.05, 3.63) is 27.7 Å². The second-order valence-corrected chi connectivity index (χ2v) is 2.43. The molecule has 1 heterocycles. The number of aromatic nitrogens is 2. The van der Waals surface area contributed by atoms with Gasteiger partial charge in [0.05, 0.1) is 11.3 Å². The molecule has 12 heavy (non-hydrogen) atoms. The third-order valence-electron chi connectivity index (χ3n) is 1.62. The van der Waals surface area contributed by atoms with Gasteiger partial charge in [0.2, 0.25) is 0 Å². The van der Waals surface area contributed by atoms with E-state index in [0.29, 0.717) is 17.7 Å². The third kappa shape index (κ3) is 1.35. The Labute approximate surface area is 70.1 Å². The number of rotatable bonds is 1. The molecule has 0 unspecified atom stereocenters. The Balaban J connectivity index is 3.42. The fraction of sp³-hybridized carbons (Fsp3) is 0.375. The third-order valence-corrected chi connectivity index (χ3v) is 1.62. The van der Waals surface area contributed by atoms with Gasteiger partial charge in [-0.05, 0) is 6.42 Å². The summed E-state index contributed by atoms with van der Waals surface area (Å²) < 4.78 is 1.24. The van der Waals surface area contributed by atoms with E-state index in [4.69, 9.17) is 5.26 Å². The van der Waals surface area contributed by atoms with Crippen molar-refractivity contribution >= 4 is 0 Å². The molecule has 62 valence electrons. The molecule has 4 heteroatoms. The summed E-state index contributed by atoms with van der Waals surface area (Å²) in [4.78, 5) is 11.0. The largest absolute Gasteiger partial charge is 0.268 e. The minimum absolute atomic E-state index is 0.247. The molecule has 0 radical (unpaired) electrons. The van der Waals surface area contributed by atoms with Gasteiger partial charge >= 0.3 is 0 Å². The monoisotopic (exact) mass is 163 g/mol. The highest BCUT2D eigenvalue weighted by molar-refractivity contribution is 5.31. The first kappa shape index (κ1) is 8.47. The minimum Gasteiger partial charge on any atom is -0.268 e. The van der Waals surface area contributed by atoms with E-state index in [1.807, 2.05) is 13.0 Å². The van der Waals surface area contributed by atoms with Gasteiger partial charge in [0.1, 0.15) is 6.07 Å². The zero-order valence-electron chi connectivity index (χ0n) is 7.03. The SMILES string of the molecule is CCc1nn(C)c(=O)cc1C#N. The molecule has 1 rings (SSSR count). The van der Waals surface area contributed by atoms with E-state index < -0.39 is 0 Å². The summed E-state index contributed by atoms with van der Waals surface area (Å²) in [5.41, 5.74) is 0.795. The van der Waals surface area contributed by atoms with Crippen LogP contribution in [0.3, 0.4) is 0 Å². The molecule has 0 saturated heterocycles. The highest BCUT2D eigenvalue weighted by Crippen LogP contribution is 2.00. The first-order valence-electron chi connectivity index (χ1n) is 3.66. The highest BCUT2D eigenvalue weighted by Gasteiger charge is 2.03. The summed E-state index contributed by atoms with van der Waals surface area (Å²) in [5.74, 6) is 0. The van der Waals surface area contributed by atoms with Crippen LogP contribution in [0.1, 0.15) is 18.2 Å². The quantitative estimate of drug-likeness (QED) is 0.594. The summed E-state index contributed by atoms with van der Waals surface area (Å²) in [6.45, 7) is 1.90. The van der Waals surface area contributed by atoms with Crippen molar-refractivity contribution in [1.82, 2.24) is 9.78 Å². The van der Waals surface area contributed by atoms with Crippen LogP contribution in [0.4, 0.5) is 0 Å². The number of nitrogens with zero attached hydrogens (tertiary/aromatic N) is 3. The number of nitriles is 1. The molecule has 0 fully saturated rings. The van der Waals surface area contributed by atoms with E-state index in [-0.39, 0.29) is 5.56 Å². The summed E-state index contributed by atoms with van der Waals surface area (Å²) in [6, 6.07) is 3.25. The Morgan fingerprint density at radius 3 is 2.92 bits per heavy atom. The summed E-state index contributed by atoms with van der Waals surface area (Å²) >= 11 is 0. The van der Waals surface area contributed by atoms with Gasteiger partial charge in [0.25, 0.3) is 5.56 Å². The predicted octanol–water partition coefficient (Wildman–Crippen LogP) is 0.214. The van der Waals surface area contributed by atoms with Gasteiger partial charge in [-0.25, -0.2) is 4.68 Å². The topological polar surface area (TPSA) is 58.7 Å². The zero-order chi connectivity index (χ0) is 9.14. The van der Waals surface area contributed by atoms with Crippen LogP contribution in [0.25, 0.3) is 0 Å². The van der Waals surface area contributed by atoms with Crippen LogP contribution in [0.2, 0.25) is 0 Å². The average molecular weight is 163 g/mol. The average Bonchev–Trinajstić information content (AvgIpc) is 2.09. The Morgan fingerprint density at radius 1 is 1.75 bits per heavy atom. The van der Waals surface area contributed by atoms with Crippen molar-refractivity contribution in [2.24, 2.45) is 7.05 Å². The molecule has 0 spiro atoms. The Bertz CT molecular complexity index is 386. The molecule has 0 saturated carbocycles. The fourth-order valence-corrected chi connectivity index (χ4v) is 0.942. The first-order valence-corrected chi connectivity index (χ1v) is 3.66. The van der Waals surface area contributed by atoms with Crippen LogP contribution in [-0.2, 0) is 13.5 Å². The highest BCUT2D eigenvalue weighted by atomic mass is 16.1. The molecule has 1 aromatic heterocycles. The summed E-state index contributed by atoms with van der Waals surface area (Å²) in [5, 5.41) is 12.6. The maximum absolute atomic E-state index is 11.0. The van der Waals surface area contributed by atoms with E-state index >= 15 is 0 Å². The van der Waals surface area contributed by atoms with Gasteiger partial charge in [0.15, 0.2) is 0 Å². The standard InChI is InChI=1S/C8H9N3O/c1-3-7-6(5-9)4-8(12)11(2)10-7/h4H,3H2,1-2H3. The van der Waals surface area contributed by atoms with Gasteiger partial charge in [-0.3, -0.25) is 4.79 Å².